The lowest BCUT2D eigenvalue weighted by molar-refractivity contribution is 0.0982. The molecule has 0 saturated carbocycles. The summed E-state index contributed by atoms with van der Waals surface area (Å²) in [6.45, 7) is 2.86. The Morgan fingerprint density at radius 1 is 1.08 bits per heavy atom. The first-order valence-corrected chi connectivity index (χ1v) is 9.95. The van der Waals surface area contributed by atoms with Crippen LogP contribution in [-0.4, -0.2) is 26.3 Å². The quantitative estimate of drug-likeness (QED) is 0.297. The number of carbonyl (C=O) groups excluding carboxylic acids is 1. The van der Waals surface area contributed by atoms with Gasteiger partial charge in [-0.15, -0.1) is 10.2 Å². The van der Waals surface area contributed by atoms with E-state index in [1.54, 1.807) is 11.8 Å². The minimum absolute atomic E-state index is 0.185. The molecule has 0 unspecified atom stereocenters. The molecule has 0 saturated heterocycles. The number of rotatable bonds is 8. The van der Waals surface area contributed by atoms with Gasteiger partial charge in [-0.3, -0.25) is 4.79 Å². The number of hydrogen-bond acceptors (Lipinski definition) is 4. The van der Waals surface area contributed by atoms with E-state index in [4.69, 9.17) is 11.6 Å². The van der Waals surface area contributed by atoms with Gasteiger partial charge in [0.1, 0.15) is 0 Å². The van der Waals surface area contributed by atoms with Crippen LogP contribution in [0.4, 0.5) is 0 Å². The number of hydrogen-bond donors (Lipinski definition) is 0. The summed E-state index contributed by atoms with van der Waals surface area (Å²) in [5.74, 6) is 1.86. The molecule has 0 N–H and O–H groups in total. The number of Topliss-reactive ketones (excluding diaryl/α,β-unsaturated/α-hetero) is 1. The summed E-state index contributed by atoms with van der Waals surface area (Å²) in [6.07, 6.45) is 1.35. The lowest BCUT2D eigenvalue weighted by Crippen LogP contribution is -2.01. The van der Waals surface area contributed by atoms with Crippen molar-refractivity contribution in [2.75, 3.05) is 5.75 Å². The molecule has 4 nitrogen and oxygen atoms in total. The van der Waals surface area contributed by atoms with Crippen molar-refractivity contribution in [1.82, 2.24) is 14.8 Å². The zero-order chi connectivity index (χ0) is 18.4. The van der Waals surface area contributed by atoms with Gasteiger partial charge in [0, 0.05) is 34.9 Å². The summed E-state index contributed by atoms with van der Waals surface area (Å²) >= 11 is 7.60. The molecule has 3 rings (SSSR count). The molecule has 134 valence electrons. The third-order valence-electron chi connectivity index (χ3n) is 4.01. The molecule has 1 aromatic heterocycles. The summed E-state index contributed by atoms with van der Waals surface area (Å²) in [5, 5.41) is 10.2. The summed E-state index contributed by atoms with van der Waals surface area (Å²) in [4.78, 5) is 12.1. The topological polar surface area (TPSA) is 47.8 Å². The normalized spacial score (nSPS) is 10.8. The Morgan fingerprint density at radius 3 is 2.50 bits per heavy atom. The first-order valence-electron chi connectivity index (χ1n) is 8.59. The second-order valence-electron chi connectivity index (χ2n) is 5.80. The van der Waals surface area contributed by atoms with Crippen molar-refractivity contribution < 1.29 is 4.79 Å². The van der Waals surface area contributed by atoms with Gasteiger partial charge < -0.3 is 4.57 Å². The fourth-order valence-electron chi connectivity index (χ4n) is 2.66. The standard InChI is InChI=1S/C20H20ClN3OS/c1-2-24-19(16-10-12-17(21)13-11-16)22-23-20(24)26-14-6-9-18(25)15-7-4-3-5-8-15/h3-5,7-8,10-13H,2,6,9,14H2,1H3. The number of aromatic nitrogens is 3. The molecule has 0 bridgehead atoms. The fourth-order valence-corrected chi connectivity index (χ4v) is 3.72. The monoisotopic (exact) mass is 385 g/mol. The second kappa shape index (κ2) is 9.01. The number of carbonyl (C=O) groups is 1. The third-order valence-corrected chi connectivity index (χ3v) is 5.32. The molecular weight excluding hydrogens is 366 g/mol. The van der Waals surface area contributed by atoms with Crippen LogP contribution < -0.4 is 0 Å². The van der Waals surface area contributed by atoms with Crippen molar-refractivity contribution in [3.05, 3.63) is 65.2 Å². The molecule has 3 aromatic rings. The van der Waals surface area contributed by atoms with E-state index in [1.807, 2.05) is 54.6 Å². The van der Waals surface area contributed by atoms with Crippen LogP contribution in [0.1, 0.15) is 30.1 Å². The first kappa shape index (κ1) is 18.7. The summed E-state index contributed by atoms with van der Waals surface area (Å²) < 4.78 is 2.09. The van der Waals surface area contributed by atoms with Crippen molar-refractivity contribution >= 4 is 29.1 Å². The van der Waals surface area contributed by atoms with Crippen LogP contribution >= 0.6 is 23.4 Å². The van der Waals surface area contributed by atoms with Gasteiger partial charge in [-0.1, -0.05) is 53.7 Å². The highest BCUT2D eigenvalue weighted by molar-refractivity contribution is 7.99. The maximum absolute atomic E-state index is 12.1. The molecule has 2 aromatic carbocycles. The maximum Gasteiger partial charge on any atom is 0.191 e. The minimum Gasteiger partial charge on any atom is -0.302 e. The van der Waals surface area contributed by atoms with E-state index in [2.05, 4.69) is 21.7 Å². The van der Waals surface area contributed by atoms with E-state index < -0.39 is 0 Å². The molecule has 0 atom stereocenters. The molecule has 0 aliphatic heterocycles. The summed E-state index contributed by atoms with van der Waals surface area (Å²) in [5.41, 5.74) is 1.77. The van der Waals surface area contributed by atoms with Gasteiger partial charge in [0.05, 0.1) is 0 Å². The summed E-state index contributed by atoms with van der Waals surface area (Å²) in [6, 6.07) is 17.0. The van der Waals surface area contributed by atoms with Gasteiger partial charge in [-0.05, 0) is 37.6 Å². The molecule has 26 heavy (non-hydrogen) atoms. The number of thioether (sulfide) groups is 1. The van der Waals surface area contributed by atoms with Gasteiger partial charge >= 0.3 is 0 Å². The van der Waals surface area contributed by atoms with E-state index in [0.29, 0.717) is 11.4 Å². The number of benzene rings is 2. The van der Waals surface area contributed by atoms with E-state index >= 15 is 0 Å². The predicted octanol–water partition coefficient (Wildman–Crippen LogP) is 5.37. The second-order valence-corrected chi connectivity index (χ2v) is 7.30. The first-order chi connectivity index (χ1) is 12.7. The van der Waals surface area contributed by atoms with Gasteiger partial charge in [0.2, 0.25) is 0 Å². The SMILES string of the molecule is CCn1c(SCCCC(=O)c2ccccc2)nnc1-c1ccc(Cl)cc1. The molecule has 0 fully saturated rings. The van der Waals surface area contributed by atoms with Crippen LogP contribution in [0.15, 0.2) is 59.8 Å². The molecular formula is C20H20ClN3OS. The fraction of sp³-hybridized carbons (Fsp3) is 0.250. The Hall–Kier alpha value is -2.11. The Labute approximate surface area is 162 Å². The van der Waals surface area contributed by atoms with Crippen molar-refractivity contribution in [2.45, 2.75) is 31.5 Å². The molecule has 0 aliphatic rings. The Kier molecular flexibility index (Phi) is 6.47. The largest absolute Gasteiger partial charge is 0.302 e. The smallest absolute Gasteiger partial charge is 0.191 e. The van der Waals surface area contributed by atoms with Gasteiger partial charge in [0.15, 0.2) is 16.8 Å². The van der Waals surface area contributed by atoms with E-state index in [9.17, 15) is 4.79 Å². The molecule has 0 amide bonds. The van der Waals surface area contributed by atoms with Gasteiger partial charge in [-0.2, -0.15) is 0 Å². The molecule has 0 spiro atoms. The molecule has 6 heteroatoms. The number of ketones is 1. The Morgan fingerprint density at radius 2 is 1.81 bits per heavy atom. The molecule has 0 aliphatic carbocycles. The predicted molar refractivity (Wildman–Crippen MR) is 107 cm³/mol. The van der Waals surface area contributed by atoms with Crippen molar-refractivity contribution in [3.63, 3.8) is 0 Å². The van der Waals surface area contributed by atoms with Crippen LogP contribution in [0.3, 0.4) is 0 Å². The average molecular weight is 386 g/mol. The van der Waals surface area contributed by atoms with Crippen LogP contribution in [0, 0.1) is 0 Å². The van der Waals surface area contributed by atoms with Crippen LogP contribution in [-0.2, 0) is 6.54 Å². The third kappa shape index (κ3) is 4.54. The summed E-state index contributed by atoms with van der Waals surface area (Å²) in [7, 11) is 0. The zero-order valence-corrected chi connectivity index (χ0v) is 16.1. The van der Waals surface area contributed by atoms with E-state index in [1.165, 1.54) is 0 Å². The maximum atomic E-state index is 12.1. The highest BCUT2D eigenvalue weighted by Crippen LogP contribution is 2.25. The minimum atomic E-state index is 0.185. The lowest BCUT2D eigenvalue weighted by atomic mass is 10.1. The van der Waals surface area contributed by atoms with Crippen LogP contribution in [0.2, 0.25) is 5.02 Å². The highest BCUT2D eigenvalue weighted by atomic mass is 35.5. The molecule has 0 radical (unpaired) electrons. The van der Waals surface area contributed by atoms with Crippen LogP contribution in [0.5, 0.6) is 0 Å². The highest BCUT2D eigenvalue weighted by Gasteiger charge is 2.13. The van der Waals surface area contributed by atoms with E-state index in [0.717, 1.165) is 40.8 Å². The van der Waals surface area contributed by atoms with Crippen molar-refractivity contribution in [2.24, 2.45) is 0 Å². The van der Waals surface area contributed by atoms with Crippen LogP contribution in [0.25, 0.3) is 11.4 Å². The van der Waals surface area contributed by atoms with E-state index in [-0.39, 0.29) is 5.78 Å². The Balaban J connectivity index is 1.58. The lowest BCUT2D eigenvalue weighted by Gasteiger charge is -2.07. The van der Waals surface area contributed by atoms with Gasteiger partial charge in [0.25, 0.3) is 0 Å². The number of nitrogens with zero attached hydrogens (tertiary/aromatic N) is 3. The van der Waals surface area contributed by atoms with Crippen molar-refractivity contribution in [3.8, 4) is 11.4 Å². The Bertz CT molecular complexity index is 863. The number of halogens is 1. The zero-order valence-electron chi connectivity index (χ0n) is 14.6. The average Bonchev–Trinajstić information content (AvgIpc) is 3.09. The molecule has 1 heterocycles. The van der Waals surface area contributed by atoms with Gasteiger partial charge in [-0.25, -0.2) is 0 Å². The van der Waals surface area contributed by atoms with Crippen molar-refractivity contribution in [1.29, 1.82) is 0 Å².